The van der Waals surface area contributed by atoms with Gasteiger partial charge in [0.25, 0.3) is 0 Å². The number of carbonyl (C=O) groups excluding carboxylic acids is 1. The average molecular weight is 633 g/mol. The number of nitrogens with zero attached hydrogens (tertiary/aromatic N) is 1. The number of anilines is 1. The topological polar surface area (TPSA) is 84.7 Å². The Morgan fingerprint density at radius 3 is 2.48 bits per heavy atom. The van der Waals surface area contributed by atoms with E-state index in [4.69, 9.17) is 21.1 Å². The van der Waals surface area contributed by atoms with Crippen molar-refractivity contribution in [2.24, 2.45) is 0 Å². The Balaban J connectivity index is 0.00000308. The number of rotatable bonds is 11. The zero-order valence-electron chi connectivity index (χ0n) is 23.3. The normalized spacial score (nSPS) is 14.4. The van der Waals surface area contributed by atoms with E-state index in [2.05, 4.69) is 17.2 Å². The molecule has 6 nitrogen and oxygen atoms in total. The fourth-order valence-corrected chi connectivity index (χ4v) is 4.38. The molecule has 0 aromatic heterocycles. The summed E-state index contributed by atoms with van der Waals surface area (Å²) in [6.45, 7) is 4.90. The molecule has 1 unspecified atom stereocenters. The first-order chi connectivity index (χ1) is 19.1. The number of carbonyl (C=O) groups is 1. The maximum Gasteiger partial charge on any atom is 1.00 e. The minimum atomic E-state index is -4.38. The Labute approximate surface area is 312 Å². The van der Waals surface area contributed by atoms with Gasteiger partial charge in [-0.25, -0.2) is 0 Å². The molecular formula is C30H26ClF3KN2NaO4. The molecule has 0 fully saturated rings. The smallest absolute Gasteiger partial charge is 0.658 e. The van der Waals surface area contributed by atoms with Crippen LogP contribution in [-0.4, -0.2) is 19.1 Å². The van der Waals surface area contributed by atoms with Gasteiger partial charge in [0.2, 0.25) is 0 Å². The van der Waals surface area contributed by atoms with Gasteiger partial charge < -0.3 is 30.0 Å². The molecule has 1 N–H and O–H groups in total. The van der Waals surface area contributed by atoms with E-state index in [1.165, 1.54) is 12.1 Å². The fourth-order valence-electron chi connectivity index (χ4n) is 4.17. The largest absolute Gasteiger partial charge is 1.00 e. The van der Waals surface area contributed by atoms with Gasteiger partial charge in [-0.2, -0.15) is 13.2 Å². The number of allylic oxidation sites excluding steroid dienone is 2. The van der Waals surface area contributed by atoms with E-state index in [9.17, 15) is 23.1 Å². The number of nitrogens with one attached hydrogen (secondary N) is 1. The molecule has 3 aromatic rings. The van der Waals surface area contributed by atoms with E-state index < -0.39 is 23.6 Å². The first-order valence-corrected chi connectivity index (χ1v) is 12.8. The molecule has 1 aliphatic heterocycles. The average Bonchev–Trinajstić information content (AvgIpc) is 2.92. The number of carboxylic acid groups (broad SMARTS) is 1. The van der Waals surface area contributed by atoms with Crippen LogP contribution < -0.4 is 101 Å². The number of hydrogen-bond donors (Lipinski definition) is 1. The van der Waals surface area contributed by atoms with Gasteiger partial charge in [-0.3, -0.25) is 0 Å². The first-order valence-electron chi connectivity index (χ1n) is 12.5. The second kappa shape index (κ2) is 17.2. The van der Waals surface area contributed by atoms with Gasteiger partial charge in [0.1, 0.15) is 17.2 Å². The Morgan fingerprint density at radius 1 is 1.17 bits per heavy atom. The number of hydrogen-bond acceptors (Lipinski definition) is 5. The number of ether oxygens (including phenoxy) is 2. The van der Waals surface area contributed by atoms with Crippen molar-refractivity contribution in [3.05, 3.63) is 112 Å². The van der Waals surface area contributed by atoms with Crippen LogP contribution in [0.25, 0.3) is 5.32 Å². The van der Waals surface area contributed by atoms with E-state index >= 15 is 0 Å². The summed E-state index contributed by atoms with van der Waals surface area (Å²) in [4.78, 5) is 11.4. The summed E-state index contributed by atoms with van der Waals surface area (Å²) in [5.74, 6) is -0.650. The zero-order chi connectivity index (χ0) is 28.7. The summed E-state index contributed by atoms with van der Waals surface area (Å²) in [5.41, 5.74) is 2.04. The van der Waals surface area contributed by atoms with E-state index in [-0.39, 0.29) is 92.6 Å². The zero-order valence-corrected chi connectivity index (χ0v) is 29.2. The van der Waals surface area contributed by atoms with Gasteiger partial charge in [-0.05, 0) is 61.4 Å². The first kappa shape index (κ1) is 36.9. The predicted octanol–water partition coefficient (Wildman–Crippen LogP) is 1.22. The molecule has 1 heterocycles. The number of aliphatic carboxylic acids is 1. The standard InChI is InChI=1S/C30H27ClF3N2O4.K.Na/c1-2-3-21(36-22-8-6-20(7-9-22)30(32,33)34)12-14-35-18-19-4-10-23(11-5-19)40-28-17-27-25(16-26(28)31)24(29(37)38)13-15-39-27;;/h2-11,16-17,24,36H,1,12-15,18H2,(H,37,38);;/q-1;2*+1/p-1/b21-3+;;. The number of carboxylic acids is 1. The number of fused-ring (bicyclic) bond motifs is 1. The molecule has 4 rings (SSSR count). The third-order valence-corrected chi connectivity index (χ3v) is 6.50. The van der Waals surface area contributed by atoms with Crippen LogP contribution in [0.1, 0.15) is 35.4 Å². The van der Waals surface area contributed by atoms with E-state index in [1.54, 1.807) is 36.4 Å². The molecule has 0 bridgehead atoms. The van der Waals surface area contributed by atoms with Crippen LogP contribution in [0.3, 0.4) is 0 Å². The van der Waals surface area contributed by atoms with Crippen LogP contribution in [0.15, 0.2) is 85.1 Å². The molecular weight excluding hydrogens is 607 g/mol. The summed E-state index contributed by atoms with van der Waals surface area (Å²) in [6, 6.07) is 15.3. The maximum atomic E-state index is 12.8. The molecule has 0 aliphatic carbocycles. The van der Waals surface area contributed by atoms with Crippen molar-refractivity contribution in [3.8, 4) is 17.2 Å². The van der Waals surface area contributed by atoms with E-state index in [0.717, 1.165) is 23.4 Å². The second-order valence-electron chi connectivity index (χ2n) is 9.06. The van der Waals surface area contributed by atoms with Crippen LogP contribution in [-0.2, 0) is 17.5 Å². The van der Waals surface area contributed by atoms with Crippen molar-refractivity contribution < 1.29 is 113 Å². The van der Waals surface area contributed by atoms with Crippen LogP contribution in [0.2, 0.25) is 5.02 Å². The van der Waals surface area contributed by atoms with Crippen LogP contribution in [0.4, 0.5) is 18.9 Å². The van der Waals surface area contributed by atoms with E-state index in [0.29, 0.717) is 54.4 Å². The Kier molecular flexibility index (Phi) is 15.1. The molecule has 0 radical (unpaired) electrons. The fraction of sp³-hybridized carbons (Fsp3) is 0.233. The maximum absolute atomic E-state index is 12.8. The number of alkyl halides is 3. The van der Waals surface area contributed by atoms with Gasteiger partial charge in [0, 0.05) is 34.9 Å². The molecule has 210 valence electrons. The molecule has 0 spiro atoms. The molecule has 0 saturated heterocycles. The Morgan fingerprint density at radius 2 is 1.86 bits per heavy atom. The molecule has 12 heteroatoms. The minimum absolute atomic E-state index is 0. The molecule has 42 heavy (non-hydrogen) atoms. The van der Waals surface area contributed by atoms with Gasteiger partial charge in [-0.15, -0.1) is 13.1 Å². The number of halogens is 4. The monoisotopic (exact) mass is 632 g/mol. The Hall–Kier alpha value is -1.31. The third kappa shape index (κ3) is 10.4. The van der Waals surface area contributed by atoms with Crippen molar-refractivity contribution in [1.82, 2.24) is 0 Å². The van der Waals surface area contributed by atoms with Crippen LogP contribution in [0.5, 0.6) is 17.2 Å². The van der Waals surface area contributed by atoms with Crippen molar-refractivity contribution in [3.63, 3.8) is 0 Å². The summed E-state index contributed by atoms with van der Waals surface area (Å²) < 4.78 is 49.8. The van der Waals surface area contributed by atoms with Crippen molar-refractivity contribution in [2.45, 2.75) is 31.5 Å². The molecule has 1 aliphatic rings. The molecule has 1 atom stereocenters. The molecule has 0 saturated carbocycles. The van der Waals surface area contributed by atoms with Gasteiger partial charge >= 0.3 is 87.1 Å². The summed E-state index contributed by atoms with van der Waals surface area (Å²) in [5, 5.41) is 19.3. The van der Waals surface area contributed by atoms with Crippen LogP contribution >= 0.6 is 11.6 Å². The summed E-state index contributed by atoms with van der Waals surface area (Å²) in [7, 11) is 0. The summed E-state index contributed by atoms with van der Waals surface area (Å²) >= 11 is 6.35. The number of benzene rings is 3. The SMILES string of the molecule is C=C/C=C(\CC[N-]Cc1ccc(Oc2cc3c(cc2Cl)C(C(=O)[O-])CCO3)cc1)Nc1ccc(C(F)(F)F)cc1.[K+].[Na+]. The Bertz CT molecular complexity index is 1390. The van der Waals surface area contributed by atoms with Crippen molar-refractivity contribution >= 4 is 23.3 Å². The van der Waals surface area contributed by atoms with E-state index in [1.807, 2.05) is 12.1 Å². The second-order valence-corrected chi connectivity index (χ2v) is 9.47. The van der Waals surface area contributed by atoms with Gasteiger partial charge in [-0.1, -0.05) is 42.0 Å². The van der Waals surface area contributed by atoms with Gasteiger partial charge in [0.15, 0.2) is 0 Å². The molecule has 3 aromatic carbocycles. The van der Waals surface area contributed by atoms with Gasteiger partial charge in [0.05, 0.1) is 17.2 Å². The predicted molar refractivity (Wildman–Crippen MR) is 146 cm³/mol. The minimum Gasteiger partial charge on any atom is -0.658 e. The molecule has 0 amide bonds. The third-order valence-electron chi connectivity index (χ3n) is 6.21. The van der Waals surface area contributed by atoms with Crippen LogP contribution in [0, 0.1) is 0 Å². The quantitative estimate of drug-likeness (QED) is 0.195. The van der Waals surface area contributed by atoms with Crippen molar-refractivity contribution in [1.29, 1.82) is 0 Å². The summed E-state index contributed by atoms with van der Waals surface area (Å²) in [6.07, 6.45) is -0.148. The van der Waals surface area contributed by atoms with Crippen molar-refractivity contribution in [2.75, 3.05) is 18.5 Å².